The third-order valence-corrected chi connectivity index (χ3v) is 3.09. The Morgan fingerprint density at radius 1 is 1.44 bits per heavy atom. The highest BCUT2D eigenvalue weighted by Gasteiger charge is 2.15. The molecular weight excluding hydrogens is 232 g/mol. The normalized spacial score (nSPS) is 12.4. The molecule has 100 valence electrons. The number of aliphatic hydroxyl groups is 1. The van der Waals surface area contributed by atoms with Crippen LogP contribution in [0.5, 0.6) is 0 Å². The molecule has 0 aliphatic heterocycles. The molecule has 1 aromatic rings. The fourth-order valence-corrected chi connectivity index (χ4v) is 1.88. The summed E-state index contributed by atoms with van der Waals surface area (Å²) in [5.74, 6) is -0.794. The molecule has 0 saturated carbocycles. The van der Waals surface area contributed by atoms with Crippen molar-refractivity contribution in [2.75, 3.05) is 11.9 Å². The van der Waals surface area contributed by atoms with Crippen LogP contribution in [0.1, 0.15) is 37.2 Å². The molecule has 5 nitrogen and oxygen atoms in total. The number of aromatic carboxylic acids is 1. The first-order chi connectivity index (χ1) is 8.58. The Bertz CT molecular complexity index is 392. The summed E-state index contributed by atoms with van der Waals surface area (Å²) in [7, 11) is 0. The van der Waals surface area contributed by atoms with Crippen molar-refractivity contribution in [1.29, 1.82) is 0 Å². The lowest BCUT2D eigenvalue weighted by atomic mass is 9.96. The summed E-state index contributed by atoms with van der Waals surface area (Å²) >= 11 is 0. The number of carboxylic acids is 1. The summed E-state index contributed by atoms with van der Waals surface area (Å²) in [5.41, 5.74) is 0.657. The minimum absolute atomic E-state index is 0.00276. The highest BCUT2D eigenvalue weighted by Crippen LogP contribution is 2.14. The van der Waals surface area contributed by atoms with Crippen LogP contribution in [-0.4, -0.2) is 33.8 Å². The van der Waals surface area contributed by atoms with E-state index in [1.807, 2.05) is 13.8 Å². The summed E-state index contributed by atoms with van der Waals surface area (Å²) in [6.07, 6.45) is 2.86. The van der Waals surface area contributed by atoms with E-state index in [1.165, 1.54) is 12.3 Å². The number of hydrogen-bond donors (Lipinski definition) is 3. The van der Waals surface area contributed by atoms with Crippen molar-refractivity contribution in [2.45, 2.75) is 32.8 Å². The molecule has 0 spiro atoms. The van der Waals surface area contributed by atoms with Gasteiger partial charge >= 0.3 is 5.97 Å². The molecule has 1 aromatic heterocycles. The minimum atomic E-state index is -1.06. The third-order valence-electron chi connectivity index (χ3n) is 3.09. The van der Waals surface area contributed by atoms with Gasteiger partial charge in [0.15, 0.2) is 0 Å². The molecule has 0 saturated heterocycles. The van der Waals surface area contributed by atoms with E-state index >= 15 is 0 Å². The minimum Gasteiger partial charge on any atom is -0.477 e. The van der Waals surface area contributed by atoms with E-state index in [0.29, 0.717) is 12.2 Å². The van der Waals surface area contributed by atoms with Crippen LogP contribution in [0.3, 0.4) is 0 Å². The SMILES string of the molecule is CCC(CC)C(O)CNc1ccnc(C(=O)O)c1. The smallest absolute Gasteiger partial charge is 0.354 e. The van der Waals surface area contributed by atoms with Gasteiger partial charge in [-0.1, -0.05) is 26.7 Å². The van der Waals surface area contributed by atoms with E-state index in [0.717, 1.165) is 12.8 Å². The number of nitrogens with zero attached hydrogens (tertiary/aromatic N) is 1. The second kappa shape index (κ2) is 6.96. The number of rotatable bonds is 7. The monoisotopic (exact) mass is 252 g/mol. The third kappa shape index (κ3) is 4.00. The van der Waals surface area contributed by atoms with Gasteiger partial charge in [-0.25, -0.2) is 9.78 Å². The average Bonchev–Trinajstić information content (AvgIpc) is 2.38. The topological polar surface area (TPSA) is 82.5 Å². The van der Waals surface area contributed by atoms with E-state index < -0.39 is 12.1 Å². The largest absolute Gasteiger partial charge is 0.477 e. The van der Waals surface area contributed by atoms with Gasteiger partial charge in [-0.05, 0) is 18.1 Å². The predicted octanol–water partition coefficient (Wildman–Crippen LogP) is 1.99. The van der Waals surface area contributed by atoms with Crippen LogP contribution in [-0.2, 0) is 0 Å². The Balaban J connectivity index is 2.58. The molecular formula is C13H20N2O3. The molecule has 5 heteroatoms. The Kier molecular flexibility index (Phi) is 5.58. The molecule has 0 aliphatic rings. The van der Waals surface area contributed by atoms with Crippen molar-refractivity contribution in [3.63, 3.8) is 0 Å². The first-order valence-corrected chi connectivity index (χ1v) is 6.19. The molecule has 3 N–H and O–H groups in total. The van der Waals surface area contributed by atoms with Crippen LogP contribution < -0.4 is 5.32 Å². The fourth-order valence-electron chi connectivity index (χ4n) is 1.88. The van der Waals surface area contributed by atoms with Crippen molar-refractivity contribution in [3.8, 4) is 0 Å². The van der Waals surface area contributed by atoms with Gasteiger partial charge in [0.05, 0.1) is 6.10 Å². The fraction of sp³-hybridized carbons (Fsp3) is 0.538. The van der Waals surface area contributed by atoms with Crippen molar-refractivity contribution >= 4 is 11.7 Å². The molecule has 0 radical (unpaired) electrons. The standard InChI is InChI=1S/C13H20N2O3/c1-3-9(4-2)12(16)8-15-10-5-6-14-11(7-10)13(17)18/h5-7,9,12,16H,3-4,8H2,1-2H3,(H,14,15)(H,17,18). The Labute approximate surface area is 107 Å². The number of pyridine rings is 1. The lowest BCUT2D eigenvalue weighted by Crippen LogP contribution is -2.27. The Morgan fingerprint density at radius 2 is 2.11 bits per heavy atom. The zero-order valence-corrected chi connectivity index (χ0v) is 10.8. The van der Waals surface area contributed by atoms with E-state index in [2.05, 4.69) is 10.3 Å². The number of aliphatic hydroxyl groups excluding tert-OH is 1. The summed E-state index contributed by atoms with van der Waals surface area (Å²) in [6, 6.07) is 3.15. The van der Waals surface area contributed by atoms with Crippen LogP contribution >= 0.6 is 0 Å². The second-order valence-corrected chi connectivity index (χ2v) is 4.26. The van der Waals surface area contributed by atoms with E-state index in [4.69, 9.17) is 5.11 Å². The quantitative estimate of drug-likeness (QED) is 0.691. The first kappa shape index (κ1) is 14.4. The van der Waals surface area contributed by atoms with Gasteiger partial charge < -0.3 is 15.5 Å². The maximum absolute atomic E-state index is 10.8. The molecule has 18 heavy (non-hydrogen) atoms. The number of carbonyl (C=O) groups is 1. The van der Waals surface area contributed by atoms with Gasteiger partial charge in [0.2, 0.25) is 0 Å². The van der Waals surface area contributed by atoms with Gasteiger partial charge in [-0.3, -0.25) is 0 Å². The number of anilines is 1. The van der Waals surface area contributed by atoms with E-state index in [-0.39, 0.29) is 11.6 Å². The lowest BCUT2D eigenvalue weighted by Gasteiger charge is -2.20. The maximum atomic E-state index is 10.8. The molecule has 0 amide bonds. The molecule has 1 unspecified atom stereocenters. The molecule has 0 aliphatic carbocycles. The average molecular weight is 252 g/mol. The van der Waals surface area contributed by atoms with Crippen molar-refractivity contribution in [1.82, 2.24) is 4.98 Å². The van der Waals surface area contributed by atoms with Crippen molar-refractivity contribution < 1.29 is 15.0 Å². The molecule has 0 fully saturated rings. The lowest BCUT2D eigenvalue weighted by molar-refractivity contribution is 0.0690. The second-order valence-electron chi connectivity index (χ2n) is 4.26. The first-order valence-electron chi connectivity index (χ1n) is 6.19. The molecule has 0 aromatic carbocycles. The zero-order valence-electron chi connectivity index (χ0n) is 10.8. The summed E-state index contributed by atoms with van der Waals surface area (Å²) < 4.78 is 0. The number of carboxylic acid groups (broad SMARTS) is 1. The summed E-state index contributed by atoms with van der Waals surface area (Å²) in [6.45, 7) is 4.51. The summed E-state index contributed by atoms with van der Waals surface area (Å²) in [5, 5.41) is 21.8. The van der Waals surface area contributed by atoms with Gasteiger partial charge in [-0.15, -0.1) is 0 Å². The molecule has 1 heterocycles. The Hall–Kier alpha value is -1.62. The highest BCUT2D eigenvalue weighted by atomic mass is 16.4. The maximum Gasteiger partial charge on any atom is 0.354 e. The molecule has 1 rings (SSSR count). The van der Waals surface area contributed by atoms with Crippen LogP contribution in [0.2, 0.25) is 0 Å². The summed E-state index contributed by atoms with van der Waals surface area (Å²) in [4.78, 5) is 14.5. The number of aromatic nitrogens is 1. The molecule has 1 atom stereocenters. The van der Waals surface area contributed by atoms with Crippen LogP contribution in [0.25, 0.3) is 0 Å². The van der Waals surface area contributed by atoms with Gasteiger partial charge in [0.25, 0.3) is 0 Å². The molecule has 0 bridgehead atoms. The predicted molar refractivity (Wildman–Crippen MR) is 69.8 cm³/mol. The van der Waals surface area contributed by atoms with Crippen LogP contribution in [0.15, 0.2) is 18.3 Å². The number of hydrogen-bond acceptors (Lipinski definition) is 4. The number of nitrogens with one attached hydrogen (secondary N) is 1. The van der Waals surface area contributed by atoms with Crippen molar-refractivity contribution in [2.24, 2.45) is 5.92 Å². The Morgan fingerprint density at radius 3 is 2.67 bits per heavy atom. The van der Waals surface area contributed by atoms with Gasteiger partial charge in [-0.2, -0.15) is 0 Å². The van der Waals surface area contributed by atoms with E-state index in [9.17, 15) is 9.90 Å². The van der Waals surface area contributed by atoms with Gasteiger partial charge in [0.1, 0.15) is 5.69 Å². The van der Waals surface area contributed by atoms with E-state index in [1.54, 1.807) is 6.07 Å². The van der Waals surface area contributed by atoms with Crippen LogP contribution in [0, 0.1) is 5.92 Å². The highest BCUT2D eigenvalue weighted by molar-refractivity contribution is 5.86. The zero-order chi connectivity index (χ0) is 13.5. The van der Waals surface area contributed by atoms with Crippen molar-refractivity contribution in [3.05, 3.63) is 24.0 Å². The van der Waals surface area contributed by atoms with Crippen LogP contribution in [0.4, 0.5) is 5.69 Å². The van der Waals surface area contributed by atoms with Gasteiger partial charge in [0, 0.05) is 18.4 Å².